The van der Waals surface area contributed by atoms with E-state index in [0.717, 1.165) is 5.52 Å². The van der Waals surface area contributed by atoms with Crippen molar-refractivity contribution in [1.82, 2.24) is 4.98 Å². The van der Waals surface area contributed by atoms with Crippen molar-refractivity contribution in [2.45, 2.75) is 0 Å². The molecule has 0 amide bonds. The third kappa shape index (κ3) is 2.15. The first-order chi connectivity index (χ1) is 9.80. The largest absolute Gasteiger partial charge is 0.493 e. The van der Waals surface area contributed by atoms with Gasteiger partial charge in [-0.05, 0) is 24.3 Å². The van der Waals surface area contributed by atoms with Gasteiger partial charge >= 0.3 is 6.08 Å². The van der Waals surface area contributed by atoms with Gasteiger partial charge in [-0.1, -0.05) is 12.1 Å². The molecule has 0 atom stereocenters. The molecule has 1 heterocycles. The highest BCUT2D eigenvalue weighted by Crippen LogP contribution is 2.33. The van der Waals surface area contributed by atoms with Crippen LogP contribution in [0, 0.1) is 11.3 Å². The number of nitriles is 1. The summed E-state index contributed by atoms with van der Waals surface area (Å²) >= 11 is 0. The number of fused-ring (bicyclic) bond motifs is 1. The summed E-state index contributed by atoms with van der Waals surface area (Å²) in [6.07, 6.45) is 0.134. The molecule has 0 N–H and O–H groups in total. The van der Waals surface area contributed by atoms with Crippen molar-refractivity contribution in [2.75, 3.05) is 7.11 Å². The minimum absolute atomic E-state index is 0.134. The lowest BCUT2D eigenvalue weighted by molar-refractivity contribution is 0.319. The third-order valence-corrected chi connectivity index (χ3v) is 2.76. The van der Waals surface area contributed by atoms with Crippen molar-refractivity contribution < 1.29 is 13.9 Å². The van der Waals surface area contributed by atoms with Crippen LogP contribution in [0.4, 0.5) is 0 Å². The average Bonchev–Trinajstić information content (AvgIpc) is 2.90. The number of oxazole rings is 1. The Labute approximate surface area is 115 Å². The summed E-state index contributed by atoms with van der Waals surface area (Å²) in [4.78, 5) is 4.22. The van der Waals surface area contributed by atoms with Gasteiger partial charge in [0, 0.05) is 6.07 Å². The molecule has 0 unspecified atom stereocenters. The van der Waals surface area contributed by atoms with Crippen LogP contribution in [0.2, 0.25) is 0 Å². The van der Waals surface area contributed by atoms with E-state index in [1.54, 1.807) is 18.2 Å². The van der Waals surface area contributed by atoms with E-state index in [4.69, 9.17) is 19.2 Å². The van der Waals surface area contributed by atoms with Crippen molar-refractivity contribution in [3.63, 3.8) is 0 Å². The van der Waals surface area contributed by atoms with Crippen LogP contribution in [0.25, 0.3) is 11.1 Å². The predicted molar refractivity (Wildman–Crippen MR) is 71.8 cm³/mol. The minimum atomic E-state index is 0.134. The number of hydrogen-bond donors (Lipinski definition) is 0. The lowest BCUT2D eigenvalue weighted by Gasteiger charge is -2.07. The van der Waals surface area contributed by atoms with E-state index >= 15 is 0 Å². The minimum Gasteiger partial charge on any atom is -0.493 e. The Kier molecular flexibility index (Phi) is 2.98. The number of ether oxygens (including phenoxy) is 2. The zero-order valence-electron chi connectivity index (χ0n) is 10.7. The molecule has 98 valence electrons. The molecule has 0 radical (unpaired) electrons. The Balaban J connectivity index is 1.96. The summed E-state index contributed by atoms with van der Waals surface area (Å²) < 4.78 is 16.2. The van der Waals surface area contributed by atoms with Crippen LogP contribution in [-0.2, 0) is 0 Å². The molecule has 0 bridgehead atoms. The van der Waals surface area contributed by atoms with Crippen molar-refractivity contribution in [3.05, 3.63) is 48.0 Å². The second kappa shape index (κ2) is 4.94. The Bertz CT molecular complexity index is 769. The molecule has 3 rings (SSSR count). The Morgan fingerprint density at radius 3 is 2.75 bits per heavy atom. The lowest BCUT2D eigenvalue weighted by Crippen LogP contribution is -1.91. The maximum Gasteiger partial charge on any atom is 0.400 e. The van der Waals surface area contributed by atoms with Gasteiger partial charge < -0.3 is 13.9 Å². The summed E-state index contributed by atoms with van der Waals surface area (Å²) in [7, 11) is 1.51. The number of aromatic nitrogens is 1. The molecular weight excluding hydrogens is 256 g/mol. The molecular formula is C15H10N2O3. The van der Waals surface area contributed by atoms with Crippen molar-refractivity contribution in [2.24, 2.45) is 0 Å². The van der Waals surface area contributed by atoms with Crippen molar-refractivity contribution in [3.8, 4) is 23.6 Å². The molecule has 1 aromatic heterocycles. The number of hydrogen-bond acceptors (Lipinski definition) is 5. The van der Waals surface area contributed by atoms with Gasteiger partial charge in [-0.3, -0.25) is 0 Å². The molecule has 0 saturated heterocycles. The fourth-order valence-corrected chi connectivity index (χ4v) is 1.81. The number of nitrogens with zero attached hydrogens (tertiary/aromatic N) is 2. The second-order valence-electron chi connectivity index (χ2n) is 4.03. The first-order valence-electron chi connectivity index (χ1n) is 5.92. The zero-order valence-corrected chi connectivity index (χ0v) is 10.7. The van der Waals surface area contributed by atoms with Crippen LogP contribution in [0.3, 0.4) is 0 Å². The predicted octanol–water partition coefficient (Wildman–Crippen LogP) is 3.50. The standard InChI is InChI=1S/C15H10N2O3/c1-18-14-8-10(9-16)6-7-13(14)20-15-17-11-4-2-3-5-12(11)19-15/h2-8H,1H3. The fourth-order valence-electron chi connectivity index (χ4n) is 1.81. The van der Waals surface area contributed by atoms with E-state index < -0.39 is 0 Å². The van der Waals surface area contributed by atoms with Gasteiger partial charge in [0.2, 0.25) is 0 Å². The maximum atomic E-state index is 8.86. The van der Waals surface area contributed by atoms with Gasteiger partial charge in [0.1, 0.15) is 5.52 Å². The van der Waals surface area contributed by atoms with Gasteiger partial charge in [0.05, 0.1) is 18.7 Å². The van der Waals surface area contributed by atoms with Gasteiger partial charge in [-0.2, -0.15) is 10.2 Å². The zero-order chi connectivity index (χ0) is 13.9. The van der Waals surface area contributed by atoms with Crippen molar-refractivity contribution >= 4 is 11.1 Å². The van der Waals surface area contributed by atoms with Crippen LogP contribution >= 0.6 is 0 Å². The van der Waals surface area contributed by atoms with Crippen LogP contribution < -0.4 is 9.47 Å². The van der Waals surface area contributed by atoms with E-state index in [1.807, 2.05) is 30.3 Å². The third-order valence-electron chi connectivity index (χ3n) is 2.76. The summed E-state index contributed by atoms with van der Waals surface area (Å²) in [5.41, 5.74) is 1.86. The lowest BCUT2D eigenvalue weighted by atomic mass is 10.2. The second-order valence-corrected chi connectivity index (χ2v) is 4.03. The molecule has 5 nitrogen and oxygen atoms in total. The van der Waals surface area contributed by atoms with Gasteiger partial charge in [0.25, 0.3) is 0 Å². The highest BCUT2D eigenvalue weighted by Gasteiger charge is 2.11. The van der Waals surface area contributed by atoms with E-state index in [-0.39, 0.29) is 6.08 Å². The van der Waals surface area contributed by atoms with Crippen molar-refractivity contribution in [1.29, 1.82) is 5.26 Å². The normalized spacial score (nSPS) is 10.2. The Morgan fingerprint density at radius 2 is 2.00 bits per heavy atom. The van der Waals surface area contributed by atoms with Crippen LogP contribution in [0.5, 0.6) is 17.6 Å². The number of methoxy groups -OCH3 is 1. The van der Waals surface area contributed by atoms with Crippen LogP contribution in [0.1, 0.15) is 5.56 Å². The summed E-state index contributed by atoms with van der Waals surface area (Å²) in [5.74, 6) is 0.893. The van der Waals surface area contributed by atoms with E-state index in [2.05, 4.69) is 4.98 Å². The van der Waals surface area contributed by atoms with Gasteiger partial charge in [0.15, 0.2) is 17.1 Å². The summed E-state index contributed by atoms with van der Waals surface area (Å²) in [5, 5.41) is 8.86. The van der Waals surface area contributed by atoms with E-state index in [0.29, 0.717) is 22.6 Å². The molecule has 0 saturated carbocycles. The number of rotatable bonds is 3. The van der Waals surface area contributed by atoms with Gasteiger partial charge in [-0.15, -0.1) is 0 Å². The molecule has 2 aromatic carbocycles. The average molecular weight is 266 g/mol. The van der Waals surface area contributed by atoms with Crippen LogP contribution in [0.15, 0.2) is 46.9 Å². The molecule has 0 spiro atoms. The molecule has 0 aliphatic carbocycles. The van der Waals surface area contributed by atoms with E-state index in [1.165, 1.54) is 7.11 Å². The molecule has 3 aromatic rings. The molecule has 5 heteroatoms. The topological polar surface area (TPSA) is 68.3 Å². The SMILES string of the molecule is COc1cc(C#N)ccc1Oc1nc2ccccc2o1. The van der Waals surface area contributed by atoms with E-state index in [9.17, 15) is 0 Å². The molecule has 0 aliphatic rings. The first kappa shape index (κ1) is 12.1. The maximum absolute atomic E-state index is 8.86. The molecule has 0 fully saturated rings. The fraction of sp³-hybridized carbons (Fsp3) is 0.0667. The number of benzene rings is 2. The van der Waals surface area contributed by atoms with Crippen LogP contribution in [-0.4, -0.2) is 12.1 Å². The Hall–Kier alpha value is -3.00. The number of para-hydroxylation sites is 2. The highest BCUT2D eigenvalue weighted by molar-refractivity contribution is 5.72. The Morgan fingerprint density at radius 1 is 1.15 bits per heavy atom. The molecule has 0 aliphatic heterocycles. The summed E-state index contributed by atoms with van der Waals surface area (Å²) in [6, 6.07) is 14.3. The smallest absolute Gasteiger partial charge is 0.400 e. The van der Waals surface area contributed by atoms with Gasteiger partial charge in [-0.25, -0.2) is 0 Å². The molecule has 20 heavy (non-hydrogen) atoms. The first-order valence-corrected chi connectivity index (χ1v) is 5.92. The summed E-state index contributed by atoms with van der Waals surface area (Å²) in [6.45, 7) is 0. The quantitative estimate of drug-likeness (QED) is 0.725. The highest BCUT2D eigenvalue weighted by atomic mass is 16.6. The monoisotopic (exact) mass is 266 g/mol.